The molecule has 0 atom stereocenters. The van der Waals surface area contributed by atoms with Crippen LogP contribution in [-0.4, -0.2) is 17.4 Å². The summed E-state index contributed by atoms with van der Waals surface area (Å²) in [5.41, 5.74) is 6.39. The highest BCUT2D eigenvalue weighted by molar-refractivity contribution is 6.32. The van der Waals surface area contributed by atoms with Crippen molar-refractivity contribution in [2.45, 2.75) is 0 Å². The van der Waals surface area contributed by atoms with Crippen LogP contribution >= 0.6 is 11.6 Å². The lowest BCUT2D eigenvalue weighted by molar-refractivity contribution is 0.102. The Morgan fingerprint density at radius 3 is 2.85 bits per heavy atom. The van der Waals surface area contributed by atoms with Crippen LogP contribution in [0, 0.1) is 11.8 Å². The number of aromatic nitrogens is 1. The van der Waals surface area contributed by atoms with E-state index >= 15 is 0 Å². The molecule has 0 unspecified atom stereocenters. The summed E-state index contributed by atoms with van der Waals surface area (Å²) in [5.74, 6) is 5.77. The highest BCUT2D eigenvalue weighted by Crippen LogP contribution is 2.17. The van der Waals surface area contributed by atoms with E-state index < -0.39 is 0 Å². The molecule has 20 heavy (non-hydrogen) atoms. The number of halogens is 1. The molecule has 1 aromatic heterocycles. The third-order valence-electron chi connectivity index (χ3n) is 2.46. The topological polar surface area (TPSA) is 68.0 Å². The van der Waals surface area contributed by atoms with Gasteiger partial charge in [-0.2, -0.15) is 0 Å². The molecule has 0 radical (unpaired) electrons. The Bertz CT molecular complexity index is 675. The number of nitrogens with one attached hydrogen (secondary N) is 1. The van der Waals surface area contributed by atoms with Gasteiger partial charge < -0.3 is 11.1 Å². The predicted molar refractivity (Wildman–Crippen MR) is 79.6 cm³/mol. The molecular formula is C15H12ClN3O. The van der Waals surface area contributed by atoms with Gasteiger partial charge in [-0.05, 0) is 30.3 Å². The monoisotopic (exact) mass is 285 g/mol. The van der Waals surface area contributed by atoms with E-state index in [4.69, 9.17) is 17.3 Å². The Hall–Kier alpha value is -2.35. The third kappa shape index (κ3) is 3.58. The van der Waals surface area contributed by atoms with Gasteiger partial charge in [-0.1, -0.05) is 29.5 Å². The second-order valence-electron chi connectivity index (χ2n) is 3.87. The molecule has 0 fully saturated rings. The van der Waals surface area contributed by atoms with E-state index in [0.717, 1.165) is 0 Å². The Labute approximate surface area is 122 Å². The molecule has 2 rings (SSSR count). The normalized spacial score (nSPS) is 9.50. The molecule has 2 aromatic rings. The zero-order valence-electron chi connectivity index (χ0n) is 10.6. The number of amides is 1. The van der Waals surface area contributed by atoms with Crippen LogP contribution in [0.1, 0.15) is 15.9 Å². The summed E-state index contributed by atoms with van der Waals surface area (Å²) in [6.45, 7) is 0.262. The number of hydrogen-bond acceptors (Lipinski definition) is 3. The molecule has 1 heterocycles. The molecule has 0 saturated carbocycles. The molecule has 1 amide bonds. The first kappa shape index (κ1) is 14.1. The zero-order valence-corrected chi connectivity index (χ0v) is 11.3. The van der Waals surface area contributed by atoms with Gasteiger partial charge in [0.1, 0.15) is 5.82 Å². The van der Waals surface area contributed by atoms with Crippen molar-refractivity contribution < 1.29 is 4.79 Å². The Kier molecular flexibility index (Phi) is 4.72. The zero-order chi connectivity index (χ0) is 14.4. The van der Waals surface area contributed by atoms with Crippen LogP contribution < -0.4 is 11.1 Å². The average Bonchev–Trinajstić information content (AvgIpc) is 2.47. The molecule has 0 aliphatic heterocycles. The van der Waals surface area contributed by atoms with Gasteiger partial charge in [-0.25, -0.2) is 4.98 Å². The summed E-state index contributed by atoms with van der Waals surface area (Å²) in [4.78, 5) is 16.0. The second-order valence-corrected chi connectivity index (χ2v) is 4.28. The van der Waals surface area contributed by atoms with Crippen molar-refractivity contribution in [1.29, 1.82) is 0 Å². The summed E-state index contributed by atoms with van der Waals surface area (Å²) in [5, 5.41) is 3.10. The number of nitrogens with two attached hydrogens (primary N) is 1. The standard InChI is InChI=1S/C15H12ClN3O/c16-13-10-12(7-6-11(13)4-3-8-17)15(20)19-14-5-1-2-9-18-14/h1-2,5-7,9-10H,8,17H2,(H,18,19,20). The maximum absolute atomic E-state index is 12.0. The van der Waals surface area contributed by atoms with Crippen LogP contribution in [0.3, 0.4) is 0 Å². The Morgan fingerprint density at radius 2 is 2.20 bits per heavy atom. The molecule has 0 bridgehead atoms. The Morgan fingerprint density at radius 1 is 1.35 bits per heavy atom. The van der Waals surface area contributed by atoms with Crippen LogP contribution in [0.25, 0.3) is 0 Å². The number of benzene rings is 1. The molecule has 0 saturated heterocycles. The van der Waals surface area contributed by atoms with Crippen LogP contribution in [0.15, 0.2) is 42.6 Å². The van der Waals surface area contributed by atoms with Crippen molar-refractivity contribution in [2.75, 3.05) is 11.9 Å². The van der Waals surface area contributed by atoms with Gasteiger partial charge in [-0.15, -0.1) is 0 Å². The van der Waals surface area contributed by atoms with Crippen molar-refractivity contribution in [3.8, 4) is 11.8 Å². The quantitative estimate of drug-likeness (QED) is 0.832. The van der Waals surface area contributed by atoms with E-state index in [1.807, 2.05) is 0 Å². The largest absolute Gasteiger partial charge is 0.320 e. The summed E-state index contributed by atoms with van der Waals surface area (Å²) in [6.07, 6.45) is 1.61. The fourth-order valence-corrected chi connectivity index (χ4v) is 1.76. The molecule has 3 N–H and O–H groups in total. The van der Waals surface area contributed by atoms with Crippen molar-refractivity contribution in [3.05, 3.63) is 58.7 Å². The van der Waals surface area contributed by atoms with E-state index in [-0.39, 0.29) is 12.5 Å². The van der Waals surface area contributed by atoms with Crippen molar-refractivity contribution in [3.63, 3.8) is 0 Å². The third-order valence-corrected chi connectivity index (χ3v) is 2.78. The molecular weight excluding hydrogens is 274 g/mol. The van der Waals surface area contributed by atoms with Crippen molar-refractivity contribution in [2.24, 2.45) is 5.73 Å². The van der Waals surface area contributed by atoms with Gasteiger partial charge in [0.2, 0.25) is 0 Å². The first-order chi connectivity index (χ1) is 9.70. The molecule has 0 spiro atoms. The van der Waals surface area contributed by atoms with Gasteiger partial charge in [-0.3, -0.25) is 4.79 Å². The highest BCUT2D eigenvalue weighted by atomic mass is 35.5. The molecule has 100 valence electrons. The predicted octanol–water partition coefficient (Wildman–Crippen LogP) is 2.30. The first-order valence-electron chi connectivity index (χ1n) is 5.91. The first-order valence-corrected chi connectivity index (χ1v) is 6.29. The van der Waals surface area contributed by atoms with E-state index in [9.17, 15) is 4.79 Å². The summed E-state index contributed by atoms with van der Waals surface area (Å²) in [6, 6.07) is 10.2. The minimum absolute atomic E-state index is 0.262. The minimum Gasteiger partial charge on any atom is -0.320 e. The minimum atomic E-state index is -0.274. The number of rotatable bonds is 2. The van der Waals surface area contributed by atoms with Gasteiger partial charge in [0.25, 0.3) is 5.91 Å². The van der Waals surface area contributed by atoms with Gasteiger partial charge in [0, 0.05) is 17.3 Å². The lowest BCUT2D eigenvalue weighted by atomic mass is 10.1. The second kappa shape index (κ2) is 6.71. The molecule has 5 heteroatoms. The summed E-state index contributed by atoms with van der Waals surface area (Å²) >= 11 is 6.07. The van der Waals surface area contributed by atoms with Crippen LogP contribution in [0.4, 0.5) is 5.82 Å². The highest BCUT2D eigenvalue weighted by Gasteiger charge is 2.08. The van der Waals surface area contributed by atoms with E-state index in [1.165, 1.54) is 0 Å². The van der Waals surface area contributed by atoms with Gasteiger partial charge in [0.05, 0.1) is 11.6 Å². The Balaban J connectivity index is 2.17. The van der Waals surface area contributed by atoms with Crippen molar-refractivity contribution in [1.82, 2.24) is 4.98 Å². The lowest BCUT2D eigenvalue weighted by Gasteiger charge is -2.05. The smallest absolute Gasteiger partial charge is 0.256 e. The molecule has 1 aromatic carbocycles. The van der Waals surface area contributed by atoms with E-state index in [2.05, 4.69) is 22.1 Å². The molecule has 4 nitrogen and oxygen atoms in total. The number of nitrogens with zero attached hydrogens (tertiary/aromatic N) is 1. The van der Waals surface area contributed by atoms with Gasteiger partial charge >= 0.3 is 0 Å². The number of anilines is 1. The van der Waals surface area contributed by atoms with Crippen LogP contribution in [0.5, 0.6) is 0 Å². The number of pyridine rings is 1. The maximum Gasteiger partial charge on any atom is 0.256 e. The maximum atomic E-state index is 12.0. The fraction of sp³-hybridized carbons (Fsp3) is 0.0667. The lowest BCUT2D eigenvalue weighted by Crippen LogP contribution is -2.12. The average molecular weight is 286 g/mol. The fourth-order valence-electron chi connectivity index (χ4n) is 1.53. The summed E-state index contributed by atoms with van der Waals surface area (Å²) < 4.78 is 0. The SMILES string of the molecule is NCC#Cc1ccc(C(=O)Nc2ccccn2)cc1Cl. The van der Waals surface area contributed by atoms with Crippen LogP contribution in [-0.2, 0) is 0 Å². The molecule has 0 aliphatic carbocycles. The number of hydrogen-bond donors (Lipinski definition) is 2. The number of carbonyl (C=O) groups excluding carboxylic acids is 1. The van der Waals surface area contributed by atoms with E-state index in [0.29, 0.717) is 22.0 Å². The van der Waals surface area contributed by atoms with E-state index in [1.54, 1.807) is 42.6 Å². The molecule has 0 aliphatic rings. The van der Waals surface area contributed by atoms with Crippen molar-refractivity contribution >= 4 is 23.3 Å². The van der Waals surface area contributed by atoms with Crippen LogP contribution in [0.2, 0.25) is 5.02 Å². The van der Waals surface area contributed by atoms with Gasteiger partial charge in [0.15, 0.2) is 0 Å². The summed E-state index contributed by atoms with van der Waals surface area (Å²) in [7, 11) is 0. The number of carbonyl (C=O) groups is 1.